The summed E-state index contributed by atoms with van der Waals surface area (Å²) in [6.07, 6.45) is 3.00. The van der Waals surface area contributed by atoms with Crippen molar-refractivity contribution in [2.24, 2.45) is 0 Å². The van der Waals surface area contributed by atoms with Crippen molar-refractivity contribution in [3.05, 3.63) is 11.4 Å². The second kappa shape index (κ2) is 6.73. The number of rotatable bonds is 7. The number of hydrogen-bond donors (Lipinski definition) is 2. The summed E-state index contributed by atoms with van der Waals surface area (Å²) >= 11 is 0. The van der Waals surface area contributed by atoms with Crippen molar-refractivity contribution in [2.75, 3.05) is 17.2 Å². The maximum absolute atomic E-state index is 4.65. The summed E-state index contributed by atoms with van der Waals surface area (Å²) in [5.41, 5.74) is 1.19. The molecule has 0 bridgehead atoms. The van der Waals surface area contributed by atoms with Gasteiger partial charge in [0.2, 0.25) is 0 Å². The van der Waals surface area contributed by atoms with Gasteiger partial charge in [0.05, 0.1) is 0 Å². The van der Waals surface area contributed by atoms with Crippen LogP contribution >= 0.6 is 0 Å². The average molecular weight is 264 g/mol. The van der Waals surface area contributed by atoms with Gasteiger partial charge in [-0.1, -0.05) is 20.8 Å². The lowest BCUT2D eigenvalue weighted by atomic mass is 9.95. The fourth-order valence-corrected chi connectivity index (χ4v) is 1.89. The quantitative estimate of drug-likeness (QED) is 0.787. The molecule has 2 N–H and O–H groups in total. The first kappa shape index (κ1) is 15.7. The monoisotopic (exact) mass is 264 g/mol. The van der Waals surface area contributed by atoms with Gasteiger partial charge in [0.25, 0.3) is 0 Å². The number of hydrogen-bond acceptors (Lipinski definition) is 4. The van der Waals surface area contributed by atoms with E-state index in [2.05, 4.69) is 62.1 Å². The lowest BCUT2D eigenvalue weighted by Crippen LogP contribution is -2.34. The Morgan fingerprint density at radius 2 is 1.58 bits per heavy atom. The standard InChI is InChI=1S/C15H28N4/c1-7-12-17-13(16-10-4)11(5)14(18-12)19-15(6,8-2)9-3/h7-10H2,1-6H3,(H2,16,17,18,19). The fourth-order valence-electron chi connectivity index (χ4n) is 1.89. The van der Waals surface area contributed by atoms with Gasteiger partial charge in [-0.2, -0.15) is 0 Å². The van der Waals surface area contributed by atoms with Gasteiger partial charge in [-0.05, 0) is 33.6 Å². The highest BCUT2D eigenvalue weighted by molar-refractivity contribution is 5.58. The van der Waals surface area contributed by atoms with Crippen LogP contribution in [0.1, 0.15) is 58.8 Å². The molecule has 0 amide bonds. The van der Waals surface area contributed by atoms with E-state index in [0.717, 1.165) is 48.8 Å². The van der Waals surface area contributed by atoms with Gasteiger partial charge >= 0.3 is 0 Å². The topological polar surface area (TPSA) is 49.8 Å². The zero-order chi connectivity index (χ0) is 14.5. The van der Waals surface area contributed by atoms with Crippen LogP contribution < -0.4 is 10.6 Å². The third-order valence-electron chi connectivity index (χ3n) is 3.83. The Hall–Kier alpha value is -1.32. The predicted molar refractivity (Wildman–Crippen MR) is 82.9 cm³/mol. The smallest absolute Gasteiger partial charge is 0.135 e. The van der Waals surface area contributed by atoms with Crippen LogP contribution in [-0.4, -0.2) is 22.1 Å². The Morgan fingerprint density at radius 1 is 1.00 bits per heavy atom. The summed E-state index contributed by atoms with van der Waals surface area (Å²) < 4.78 is 0. The number of aryl methyl sites for hydroxylation is 1. The summed E-state index contributed by atoms with van der Waals surface area (Å²) in [6.45, 7) is 13.8. The number of nitrogens with one attached hydrogen (secondary N) is 2. The number of nitrogens with zero attached hydrogens (tertiary/aromatic N) is 2. The molecule has 1 aromatic heterocycles. The molecule has 0 atom stereocenters. The van der Waals surface area contributed by atoms with E-state index in [0.29, 0.717) is 0 Å². The van der Waals surface area contributed by atoms with Gasteiger partial charge in [0, 0.05) is 24.1 Å². The number of anilines is 2. The van der Waals surface area contributed by atoms with E-state index in [9.17, 15) is 0 Å². The second-order valence-electron chi connectivity index (χ2n) is 5.24. The molecule has 1 aromatic rings. The highest BCUT2D eigenvalue weighted by atomic mass is 15.1. The minimum absolute atomic E-state index is 0.0909. The van der Waals surface area contributed by atoms with Gasteiger partial charge in [-0.3, -0.25) is 0 Å². The Bertz CT molecular complexity index is 411. The molecule has 19 heavy (non-hydrogen) atoms. The van der Waals surface area contributed by atoms with Crippen molar-refractivity contribution in [2.45, 2.75) is 66.3 Å². The van der Waals surface area contributed by atoms with Crippen LogP contribution in [-0.2, 0) is 6.42 Å². The van der Waals surface area contributed by atoms with Crippen molar-refractivity contribution in [3.8, 4) is 0 Å². The van der Waals surface area contributed by atoms with Crippen molar-refractivity contribution in [3.63, 3.8) is 0 Å². The first-order valence-electron chi connectivity index (χ1n) is 7.39. The predicted octanol–water partition coefficient (Wildman–Crippen LogP) is 3.77. The van der Waals surface area contributed by atoms with Crippen LogP contribution in [0.2, 0.25) is 0 Å². The van der Waals surface area contributed by atoms with Gasteiger partial charge in [-0.25, -0.2) is 9.97 Å². The van der Waals surface area contributed by atoms with E-state index in [1.807, 2.05) is 0 Å². The van der Waals surface area contributed by atoms with E-state index < -0.39 is 0 Å². The zero-order valence-corrected chi connectivity index (χ0v) is 13.2. The van der Waals surface area contributed by atoms with Crippen LogP contribution in [0.4, 0.5) is 11.6 Å². The summed E-state index contributed by atoms with van der Waals surface area (Å²) in [4.78, 5) is 9.21. The van der Waals surface area contributed by atoms with Gasteiger partial charge in [0.1, 0.15) is 17.5 Å². The van der Waals surface area contributed by atoms with Crippen molar-refractivity contribution >= 4 is 11.6 Å². The zero-order valence-electron chi connectivity index (χ0n) is 13.2. The molecule has 0 unspecified atom stereocenters. The van der Waals surface area contributed by atoms with Crippen LogP contribution in [0.15, 0.2) is 0 Å². The van der Waals surface area contributed by atoms with Crippen LogP contribution in [0.3, 0.4) is 0 Å². The molecular formula is C15H28N4. The minimum Gasteiger partial charge on any atom is -0.370 e. The van der Waals surface area contributed by atoms with E-state index in [1.165, 1.54) is 0 Å². The van der Waals surface area contributed by atoms with Crippen molar-refractivity contribution < 1.29 is 0 Å². The number of aromatic nitrogens is 2. The van der Waals surface area contributed by atoms with E-state index in [-0.39, 0.29) is 5.54 Å². The first-order valence-corrected chi connectivity index (χ1v) is 7.39. The molecule has 0 saturated heterocycles. The van der Waals surface area contributed by atoms with Crippen LogP contribution in [0.25, 0.3) is 0 Å². The minimum atomic E-state index is 0.0909. The summed E-state index contributed by atoms with van der Waals surface area (Å²) in [5.74, 6) is 2.80. The van der Waals surface area contributed by atoms with Crippen LogP contribution in [0.5, 0.6) is 0 Å². The Kier molecular flexibility index (Phi) is 5.58. The van der Waals surface area contributed by atoms with E-state index in [4.69, 9.17) is 0 Å². The highest BCUT2D eigenvalue weighted by Crippen LogP contribution is 2.26. The summed E-state index contributed by atoms with van der Waals surface area (Å²) in [6, 6.07) is 0. The molecule has 0 saturated carbocycles. The molecule has 0 fully saturated rings. The van der Waals surface area contributed by atoms with Crippen LogP contribution in [0, 0.1) is 6.92 Å². The van der Waals surface area contributed by atoms with E-state index >= 15 is 0 Å². The van der Waals surface area contributed by atoms with Crippen molar-refractivity contribution in [1.29, 1.82) is 0 Å². The molecule has 0 aliphatic heterocycles. The Morgan fingerprint density at radius 3 is 2.05 bits per heavy atom. The third kappa shape index (κ3) is 3.82. The molecule has 1 rings (SSSR count). The highest BCUT2D eigenvalue weighted by Gasteiger charge is 2.21. The van der Waals surface area contributed by atoms with Gasteiger partial charge in [0.15, 0.2) is 0 Å². The maximum atomic E-state index is 4.65. The van der Waals surface area contributed by atoms with Crippen molar-refractivity contribution in [1.82, 2.24) is 9.97 Å². The third-order valence-corrected chi connectivity index (χ3v) is 3.83. The summed E-state index contributed by atoms with van der Waals surface area (Å²) in [5, 5.41) is 6.93. The van der Waals surface area contributed by atoms with Gasteiger partial charge < -0.3 is 10.6 Å². The molecule has 4 nitrogen and oxygen atoms in total. The lowest BCUT2D eigenvalue weighted by Gasteiger charge is -2.30. The summed E-state index contributed by atoms with van der Waals surface area (Å²) in [7, 11) is 0. The molecule has 0 radical (unpaired) electrons. The molecule has 108 valence electrons. The molecular weight excluding hydrogens is 236 g/mol. The SMILES string of the molecule is CCNc1nc(CC)nc(NC(C)(CC)CC)c1C. The fraction of sp³-hybridized carbons (Fsp3) is 0.733. The lowest BCUT2D eigenvalue weighted by molar-refractivity contribution is 0.476. The second-order valence-corrected chi connectivity index (χ2v) is 5.24. The molecule has 1 heterocycles. The van der Waals surface area contributed by atoms with E-state index in [1.54, 1.807) is 0 Å². The Labute approximate surface area is 117 Å². The maximum Gasteiger partial charge on any atom is 0.135 e. The molecule has 4 heteroatoms. The normalized spacial score (nSPS) is 11.5. The largest absolute Gasteiger partial charge is 0.370 e. The molecule has 0 spiro atoms. The van der Waals surface area contributed by atoms with Gasteiger partial charge in [-0.15, -0.1) is 0 Å². The molecule has 0 aromatic carbocycles. The molecule has 0 aliphatic rings. The average Bonchev–Trinajstić information content (AvgIpc) is 2.43. The molecule has 0 aliphatic carbocycles. The first-order chi connectivity index (χ1) is 8.99. The Balaban J connectivity index is 3.15.